The maximum atomic E-state index is 13.2. The number of ether oxygens (including phenoxy) is 3. The fourth-order valence-electron chi connectivity index (χ4n) is 4.00. The van der Waals surface area contributed by atoms with Crippen LogP contribution in [0.15, 0.2) is 18.3 Å². The molecule has 0 spiro atoms. The van der Waals surface area contributed by atoms with Gasteiger partial charge in [0.2, 0.25) is 0 Å². The Kier molecular flexibility index (Phi) is 8.90. The highest BCUT2D eigenvalue weighted by Crippen LogP contribution is 2.37. The molecule has 0 fully saturated rings. The quantitative estimate of drug-likeness (QED) is 0.227. The fourth-order valence-corrected chi connectivity index (χ4v) is 4.99. The normalized spacial score (nSPS) is 14.7. The van der Waals surface area contributed by atoms with Crippen molar-refractivity contribution >= 4 is 48.3 Å². The number of carbonyl (C=O) groups is 2. The lowest BCUT2D eigenvalue weighted by atomic mass is 10.00. The molecule has 0 bridgehead atoms. The first kappa shape index (κ1) is 28.2. The number of amides is 1. The molecular formula is C26H38ClN3O5Si. The number of rotatable bonds is 8. The largest absolute Gasteiger partial charge is 0.462 e. The molecule has 0 aliphatic carbocycles. The number of aromatic nitrogens is 2. The average molecular weight is 536 g/mol. The monoisotopic (exact) mass is 535 g/mol. The number of fused-ring (bicyclic) bond motifs is 1. The molecule has 36 heavy (non-hydrogen) atoms. The van der Waals surface area contributed by atoms with Crippen LogP contribution in [0.4, 0.5) is 4.79 Å². The number of hydrogen-bond donors (Lipinski definition) is 0. The lowest BCUT2D eigenvalue weighted by Gasteiger charge is -2.30. The molecule has 1 aliphatic rings. The Hall–Kier alpha value is -2.36. The number of hydrogen-bond acceptors (Lipinski definition) is 6. The summed E-state index contributed by atoms with van der Waals surface area (Å²) >= 11 is 6.59. The van der Waals surface area contributed by atoms with Crippen molar-refractivity contribution in [3.63, 3.8) is 0 Å². The van der Waals surface area contributed by atoms with Gasteiger partial charge in [0.05, 0.1) is 28.3 Å². The zero-order valence-corrected chi connectivity index (χ0v) is 24.2. The van der Waals surface area contributed by atoms with Gasteiger partial charge in [-0.05, 0) is 51.8 Å². The maximum Gasteiger partial charge on any atom is 0.410 e. The van der Waals surface area contributed by atoms with Gasteiger partial charge in [0.15, 0.2) is 0 Å². The van der Waals surface area contributed by atoms with E-state index in [1.807, 2.05) is 31.4 Å². The van der Waals surface area contributed by atoms with Crippen LogP contribution in [0.25, 0.3) is 16.6 Å². The minimum Gasteiger partial charge on any atom is -0.462 e. The number of pyridine rings is 1. The summed E-state index contributed by atoms with van der Waals surface area (Å²) in [5.41, 5.74) is 1.99. The van der Waals surface area contributed by atoms with Crippen LogP contribution in [0.5, 0.6) is 0 Å². The van der Waals surface area contributed by atoms with Gasteiger partial charge < -0.3 is 23.7 Å². The van der Waals surface area contributed by atoms with Crippen molar-refractivity contribution in [3.8, 4) is 0 Å². The zero-order valence-electron chi connectivity index (χ0n) is 22.4. The van der Waals surface area contributed by atoms with Crippen LogP contribution >= 0.6 is 11.6 Å². The van der Waals surface area contributed by atoms with Gasteiger partial charge in [-0.25, -0.2) is 14.6 Å². The molecule has 0 aromatic carbocycles. The van der Waals surface area contributed by atoms with Gasteiger partial charge in [-0.2, -0.15) is 0 Å². The molecule has 1 amide bonds. The first-order valence-electron chi connectivity index (χ1n) is 12.4. The van der Waals surface area contributed by atoms with Crippen molar-refractivity contribution < 1.29 is 23.8 Å². The second-order valence-electron chi connectivity index (χ2n) is 11.1. The Balaban J connectivity index is 2.03. The van der Waals surface area contributed by atoms with Gasteiger partial charge >= 0.3 is 12.1 Å². The third kappa shape index (κ3) is 6.89. The van der Waals surface area contributed by atoms with E-state index in [9.17, 15) is 9.59 Å². The van der Waals surface area contributed by atoms with Gasteiger partial charge in [0, 0.05) is 34.0 Å². The van der Waals surface area contributed by atoms with E-state index in [0.717, 1.165) is 11.6 Å². The van der Waals surface area contributed by atoms with E-state index in [4.69, 9.17) is 25.8 Å². The van der Waals surface area contributed by atoms with Crippen molar-refractivity contribution in [2.45, 2.75) is 72.1 Å². The highest BCUT2D eigenvalue weighted by atomic mass is 35.5. The van der Waals surface area contributed by atoms with Gasteiger partial charge in [-0.1, -0.05) is 37.3 Å². The Morgan fingerprint density at radius 1 is 1.22 bits per heavy atom. The van der Waals surface area contributed by atoms with E-state index in [-0.39, 0.29) is 19.4 Å². The molecule has 2 aromatic rings. The molecular weight excluding hydrogens is 498 g/mol. The highest BCUT2D eigenvalue weighted by molar-refractivity contribution is 6.76. The lowest BCUT2D eigenvalue weighted by Crippen LogP contribution is -2.39. The number of nitrogens with zero attached hydrogens (tertiary/aromatic N) is 3. The minimum absolute atomic E-state index is 0.232. The smallest absolute Gasteiger partial charge is 0.410 e. The van der Waals surface area contributed by atoms with Gasteiger partial charge in [-0.3, -0.25) is 0 Å². The standard InChI is InChI=1S/C26H38ClN3O5Si/c1-8-34-24(31)21-20-19(27)9-12-28-23(20)30(17-33-15-16-36(5,6)7)22(21)18-10-13-29(14-11-18)25(32)35-26(2,3)4/h9-10,12H,8,11,13-17H2,1-7H3. The fraction of sp³-hybridized carbons (Fsp3) is 0.577. The van der Waals surface area contributed by atoms with Crippen LogP contribution in [0.1, 0.15) is 50.2 Å². The van der Waals surface area contributed by atoms with Crippen molar-refractivity contribution in [1.29, 1.82) is 0 Å². The minimum atomic E-state index is -1.27. The molecule has 3 heterocycles. The molecule has 198 valence electrons. The van der Waals surface area contributed by atoms with E-state index < -0.39 is 19.6 Å². The molecule has 8 nitrogen and oxygen atoms in total. The first-order chi connectivity index (χ1) is 16.8. The number of esters is 1. The van der Waals surface area contributed by atoms with E-state index in [1.165, 1.54) is 0 Å². The molecule has 3 rings (SSSR count). The summed E-state index contributed by atoms with van der Waals surface area (Å²) in [4.78, 5) is 32.0. The van der Waals surface area contributed by atoms with Gasteiger partial charge in [0.25, 0.3) is 0 Å². The molecule has 1 aliphatic heterocycles. The van der Waals surface area contributed by atoms with Crippen LogP contribution in [-0.2, 0) is 20.9 Å². The summed E-state index contributed by atoms with van der Waals surface area (Å²) in [5.74, 6) is -0.455. The summed E-state index contributed by atoms with van der Waals surface area (Å²) in [5, 5.41) is 0.980. The van der Waals surface area contributed by atoms with Crippen molar-refractivity contribution in [2.75, 3.05) is 26.3 Å². The SMILES string of the molecule is CCOC(=O)c1c(C2=CCN(C(=O)OC(C)(C)C)CC2)n(COCC[Si](C)(C)C)c2nccc(Cl)c12. The Morgan fingerprint density at radius 3 is 2.53 bits per heavy atom. The molecule has 0 saturated carbocycles. The second kappa shape index (κ2) is 11.4. The zero-order chi connectivity index (χ0) is 26.7. The third-order valence-electron chi connectivity index (χ3n) is 5.75. The van der Waals surface area contributed by atoms with Crippen molar-refractivity contribution in [2.24, 2.45) is 0 Å². The van der Waals surface area contributed by atoms with Crippen LogP contribution in [0.3, 0.4) is 0 Å². The summed E-state index contributed by atoms with van der Waals surface area (Å²) in [6, 6.07) is 2.69. The summed E-state index contributed by atoms with van der Waals surface area (Å²) in [7, 11) is -1.27. The average Bonchev–Trinajstić information content (AvgIpc) is 3.11. The van der Waals surface area contributed by atoms with Crippen molar-refractivity contribution in [1.82, 2.24) is 14.5 Å². The van der Waals surface area contributed by atoms with Crippen LogP contribution < -0.4 is 0 Å². The number of halogens is 1. The predicted molar refractivity (Wildman–Crippen MR) is 145 cm³/mol. The maximum absolute atomic E-state index is 13.2. The van der Waals surface area contributed by atoms with Crippen LogP contribution in [-0.4, -0.2) is 66.5 Å². The topological polar surface area (TPSA) is 82.9 Å². The van der Waals surface area contributed by atoms with E-state index in [1.54, 1.807) is 24.1 Å². The Morgan fingerprint density at radius 2 is 1.94 bits per heavy atom. The van der Waals surface area contributed by atoms with Crippen LogP contribution in [0, 0.1) is 0 Å². The second-order valence-corrected chi connectivity index (χ2v) is 17.1. The van der Waals surface area contributed by atoms with Gasteiger partial charge in [0.1, 0.15) is 18.0 Å². The summed E-state index contributed by atoms with van der Waals surface area (Å²) < 4.78 is 19.0. The third-order valence-corrected chi connectivity index (χ3v) is 7.77. The van der Waals surface area contributed by atoms with E-state index in [0.29, 0.717) is 53.4 Å². The molecule has 0 unspecified atom stereocenters. The molecule has 0 radical (unpaired) electrons. The molecule has 10 heteroatoms. The molecule has 0 atom stereocenters. The summed E-state index contributed by atoms with van der Waals surface area (Å²) in [6.45, 7) is 16.1. The van der Waals surface area contributed by atoms with Gasteiger partial charge in [-0.15, -0.1) is 0 Å². The molecule has 0 saturated heterocycles. The van der Waals surface area contributed by atoms with Crippen LogP contribution in [0.2, 0.25) is 30.7 Å². The predicted octanol–water partition coefficient (Wildman–Crippen LogP) is 6.20. The highest BCUT2D eigenvalue weighted by Gasteiger charge is 2.31. The molecule has 2 aromatic heterocycles. The lowest BCUT2D eigenvalue weighted by molar-refractivity contribution is 0.0269. The number of carbonyl (C=O) groups excluding carboxylic acids is 2. The Labute approximate surface area is 219 Å². The first-order valence-corrected chi connectivity index (χ1v) is 16.5. The summed E-state index contributed by atoms with van der Waals surface area (Å²) in [6.07, 6.45) is 3.76. The van der Waals surface area contributed by atoms with E-state index >= 15 is 0 Å². The van der Waals surface area contributed by atoms with Crippen molar-refractivity contribution in [3.05, 3.63) is 34.6 Å². The Bertz CT molecular complexity index is 1150. The van der Waals surface area contributed by atoms with E-state index in [2.05, 4.69) is 24.6 Å². The molecule has 0 N–H and O–H groups in total.